The number of piperidine rings is 1. The van der Waals surface area contributed by atoms with Crippen molar-refractivity contribution in [1.29, 1.82) is 0 Å². The topological polar surface area (TPSA) is 80.5 Å². The highest BCUT2D eigenvalue weighted by molar-refractivity contribution is 7.80. The van der Waals surface area contributed by atoms with Crippen LogP contribution in [0.4, 0.5) is 4.79 Å². The maximum absolute atomic E-state index is 11.4. The minimum atomic E-state index is -0.903. The first-order valence-electron chi connectivity index (χ1n) is 8.64. The lowest BCUT2D eigenvalue weighted by molar-refractivity contribution is 0.0574. The summed E-state index contributed by atoms with van der Waals surface area (Å²) in [6.07, 6.45) is 5.29. The van der Waals surface area contributed by atoms with Crippen molar-refractivity contribution >= 4 is 45.0 Å². The van der Waals surface area contributed by atoms with E-state index in [1.165, 1.54) is 4.90 Å². The van der Waals surface area contributed by atoms with E-state index in [1.54, 1.807) is 34.6 Å². The number of nitrogens with zero attached hydrogens (tertiary/aromatic N) is 4. The Hall–Kier alpha value is -2.52. The van der Waals surface area contributed by atoms with Crippen LogP contribution < -0.4 is 0 Å². The summed E-state index contributed by atoms with van der Waals surface area (Å²) in [6.45, 7) is 0.951. The van der Waals surface area contributed by atoms with Crippen LogP contribution in [-0.4, -0.2) is 48.9 Å². The first kappa shape index (κ1) is 17.9. The Labute approximate surface area is 165 Å². The molecule has 2 unspecified atom stereocenters. The van der Waals surface area contributed by atoms with Crippen LogP contribution in [0.1, 0.15) is 24.0 Å². The summed E-state index contributed by atoms with van der Waals surface area (Å²) in [6, 6.07) is 7.91. The molecular weight excluding hydrogens is 384 g/mol. The van der Waals surface area contributed by atoms with Gasteiger partial charge >= 0.3 is 6.09 Å². The number of hydrogen-bond donors (Lipinski definition) is 1. The number of benzene rings is 1. The van der Waals surface area contributed by atoms with E-state index in [0.717, 1.165) is 28.1 Å². The van der Waals surface area contributed by atoms with E-state index >= 15 is 0 Å². The Morgan fingerprint density at radius 2 is 2.26 bits per heavy atom. The first-order chi connectivity index (χ1) is 13.1. The van der Waals surface area contributed by atoms with Gasteiger partial charge in [0.25, 0.3) is 5.17 Å². The zero-order valence-corrected chi connectivity index (χ0v) is 16.0. The summed E-state index contributed by atoms with van der Waals surface area (Å²) < 4.78 is 8.86. The summed E-state index contributed by atoms with van der Waals surface area (Å²) in [7, 11) is 0. The van der Waals surface area contributed by atoms with E-state index in [2.05, 4.69) is 4.98 Å². The second-order valence-electron chi connectivity index (χ2n) is 6.43. The molecule has 1 saturated heterocycles. The third-order valence-electron chi connectivity index (χ3n) is 4.65. The smallest absolute Gasteiger partial charge is 0.407 e. The molecule has 2 aromatic heterocycles. The number of imidazole rings is 1. The summed E-state index contributed by atoms with van der Waals surface area (Å²) in [5, 5.41) is 10.5. The van der Waals surface area contributed by atoms with E-state index in [9.17, 15) is 9.90 Å². The van der Waals surface area contributed by atoms with Crippen molar-refractivity contribution < 1.29 is 14.6 Å². The van der Waals surface area contributed by atoms with Gasteiger partial charge in [-0.15, -0.1) is 11.3 Å². The number of carboxylic acid groups (broad SMARTS) is 1. The van der Waals surface area contributed by atoms with E-state index in [1.807, 2.05) is 24.3 Å². The molecule has 3 aromatic rings. The van der Waals surface area contributed by atoms with Crippen molar-refractivity contribution in [3.8, 4) is 0 Å². The van der Waals surface area contributed by atoms with Crippen molar-refractivity contribution in [1.82, 2.24) is 19.4 Å². The zero-order valence-electron chi connectivity index (χ0n) is 14.4. The van der Waals surface area contributed by atoms with Crippen LogP contribution in [0.5, 0.6) is 0 Å². The fourth-order valence-corrected chi connectivity index (χ4v) is 4.63. The average Bonchev–Trinajstić information content (AvgIpc) is 3.35. The number of likely N-dealkylation sites (tertiary alicyclic amines) is 1. The van der Waals surface area contributed by atoms with Crippen LogP contribution in [0.2, 0.25) is 0 Å². The second kappa shape index (κ2) is 7.61. The van der Waals surface area contributed by atoms with Crippen molar-refractivity contribution in [2.24, 2.45) is 5.92 Å². The molecule has 1 aliphatic rings. The number of carbonyl (C=O) groups is 1. The molecule has 0 saturated carbocycles. The van der Waals surface area contributed by atoms with E-state index < -0.39 is 12.2 Å². The number of fused-ring (bicyclic) bond motifs is 1. The zero-order chi connectivity index (χ0) is 18.8. The highest BCUT2D eigenvalue weighted by Gasteiger charge is 2.34. The fraction of sp³-hybridized carbons (Fsp3) is 0.333. The summed E-state index contributed by atoms with van der Waals surface area (Å²) in [5.41, 5.74) is 0.908. The van der Waals surface area contributed by atoms with Crippen molar-refractivity contribution in [3.63, 3.8) is 0 Å². The van der Waals surface area contributed by atoms with Crippen LogP contribution in [0.15, 0.2) is 43.0 Å². The monoisotopic (exact) mass is 402 g/mol. The molecule has 140 valence electrons. The fourth-order valence-electron chi connectivity index (χ4n) is 3.33. The lowest BCUT2D eigenvalue weighted by Gasteiger charge is -2.34. The number of aromatic nitrogens is 3. The van der Waals surface area contributed by atoms with E-state index in [4.69, 9.17) is 21.9 Å². The summed E-state index contributed by atoms with van der Waals surface area (Å²) in [5.74, 6) is -0.0168. The number of amides is 1. The predicted octanol–water partition coefficient (Wildman–Crippen LogP) is 3.77. The Kier molecular flexibility index (Phi) is 5.04. The van der Waals surface area contributed by atoms with Gasteiger partial charge in [-0.1, -0.05) is 12.1 Å². The molecule has 1 aromatic carbocycles. The van der Waals surface area contributed by atoms with Crippen LogP contribution in [0.25, 0.3) is 10.2 Å². The molecule has 0 bridgehead atoms. The third kappa shape index (κ3) is 3.79. The van der Waals surface area contributed by atoms with Crippen LogP contribution in [0, 0.1) is 5.92 Å². The quantitative estimate of drug-likeness (QED) is 0.672. The lowest BCUT2D eigenvalue weighted by Crippen LogP contribution is -2.41. The van der Waals surface area contributed by atoms with Crippen molar-refractivity contribution in [2.75, 3.05) is 13.1 Å². The molecular formula is C18H18N4O3S2. The molecule has 0 spiro atoms. The molecule has 1 aliphatic heterocycles. The molecule has 27 heavy (non-hydrogen) atoms. The van der Waals surface area contributed by atoms with Crippen LogP contribution in [-0.2, 0) is 4.74 Å². The van der Waals surface area contributed by atoms with Crippen LogP contribution in [0.3, 0.4) is 0 Å². The maximum Gasteiger partial charge on any atom is 0.407 e. The van der Waals surface area contributed by atoms with Gasteiger partial charge in [-0.25, -0.2) is 14.8 Å². The Balaban J connectivity index is 1.65. The number of thiazole rings is 1. The lowest BCUT2D eigenvalue weighted by atomic mass is 9.93. The Morgan fingerprint density at radius 1 is 1.41 bits per heavy atom. The third-order valence-corrected chi connectivity index (χ3v) is 6.06. The van der Waals surface area contributed by atoms with Crippen molar-refractivity contribution in [3.05, 3.63) is 48.0 Å². The molecule has 0 aliphatic carbocycles. The van der Waals surface area contributed by atoms with Gasteiger partial charge < -0.3 is 14.7 Å². The number of ether oxygens (including phenoxy) is 1. The minimum Gasteiger partial charge on any atom is -0.465 e. The first-order valence-corrected chi connectivity index (χ1v) is 9.86. The molecule has 1 fully saturated rings. The molecule has 2 atom stereocenters. The molecule has 9 heteroatoms. The molecule has 1 amide bonds. The van der Waals surface area contributed by atoms with Gasteiger partial charge in [0.15, 0.2) is 6.10 Å². The standard InChI is InChI=1S/C18H18N4O3S2/c23-17(24)21-8-3-4-12(10-21)15(25-18(26)22-9-7-19-11-22)16-20-13-5-1-2-6-14(13)27-16/h1-2,5-7,9,11-12,15H,3-4,8,10H2,(H,23,24). The predicted molar refractivity (Wildman–Crippen MR) is 106 cm³/mol. The average molecular weight is 403 g/mol. The number of para-hydroxylation sites is 1. The number of hydrogen-bond acceptors (Lipinski definition) is 6. The molecule has 3 heterocycles. The molecule has 7 nitrogen and oxygen atoms in total. The van der Waals surface area contributed by atoms with Gasteiger partial charge in [0.1, 0.15) is 11.3 Å². The van der Waals surface area contributed by atoms with Gasteiger partial charge in [0, 0.05) is 31.4 Å². The van der Waals surface area contributed by atoms with Gasteiger partial charge in [-0.05, 0) is 37.2 Å². The molecule has 4 rings (SSSR count). The van der Waals surface area contributed by atoms with Crippen LogP contribution >= 0.6 is 23.6 Å². The molecule has 0 radical (unpaired) electrons. The van der Waals surface area contributed by atoms with Gasteiger partial charge in [-0.2, -0.15) is 0 Å². The maximum atomic E-state index is 11.4. The summed E-state index contributed by atoms with van der Waals surface area (Å²) in [4.78, 5) is 21.6. The highest BCUT2D eigenvalue weighted by atomic mass is 32.1. The highest BCUT2D eigenvalue weighted by Crippen LogP contribution is 2.37. The number of rotatable bonds is 3. The SMILES string of the molecule is O=C(O)N1CCCC(C(OC(=S)n2ccnc2)c2nc3ccccc3s2)C1. The number of thiocarbonyl (C=S) groups is 1. The van der Waals surface area contributed by atoms with Gasteiger partial charge in [-0.3, -0.25) is 4.57 Å². The second-order valence-corrected chi connectivity index (χ2v) is 7.84. The Bertz CT molecular complexity index is 924. The minimum absolute atomic E-state index is 0.0168. The normalized spacial score (nSPS) is 18.4. The Morgan fingerprint density at radius 3 is 3.00 bits per heavy atom. The largest absolute Gasteiger partial charge is 0.465 e. The molecule has 1 N–H and O–H groups in total. The van der Waals surface area contributed by atoms with E-state index in [0.29, 0.717) is 13.1 Å². The van der Waals surface area contributed by atoms with Gasteiger partial charge in [0.05, 0.1) is 10.2 Å². The summed E-state index contributed by atoms with van der Waals surface area (Å²) >= 11 is 6.99. The van der Waals surface area contributed by atoms with Crippen molar-refractivity contribution in [2.45, 2.75) is 18.9 Å². The van der Waals surface area contributed by atoms with E-state index in [-0.39, 0.29) is 11.1 Å². The van der Waals surface area contributed by atoms with Gasteiger partial charge in [0.2, 0.25) is 0 Å².